The van der Waals surface area contributed by atoms with E-state index in [1.807, 2.05) is 20.8 Å². The van der Waals surface area contributed by atoms with Crippen molar-refractivity contribution in [2.45, 2.75) is 39.4 Å². The van der Waals surface area contributed by atoms with Crippen molar-refractivity contribution >= 4 is 11.6 Å². The van der Waals surface area contributed by atoms with E-state index in [1.54, 1.807) is 0 Å². The number of alkyl halides is 3. The first kappa shape index (κ1) is 15.5. The first-order chi connectivity index (χ1) is 8.77. The zero-order valence-electron chi connectivity index (χ0n) is 11.5. The molecule has 0 radical (unpaired) electrons. The summed E-state index contributed by atoms with van der Waals surface area (Å²) in [6.45, 7) is 5.99. The summed E-state index contributed by atoms with van der Waals surface area (Å²) in [7, 11) is 1.52. The Hall–Kier alpha value is -1.53. The van der Waals surface area contributed by atoms with Gasteiger partial charge in [-0.25, -0.2) is 9.97 Å². The minimum Gasteiger partial charge on any atom is -0.373 e. The van der Waals surface area contributed by atoms with E-state index >= 15 is 0 Å². The van der Waals surface area contributed by atoms with Gasteiger partial charge in [0, 0.05) is 19.2 Å². The lowest BCUT2D eigenvalue weighted by atomic mass is 10.0. The summed E-state index contributed by atoms with van der Waals surface area (Å²) in [6.07, 6.45) is -3.75. The molecule has 1 rings (SSSR count). The second kappa shape index (κ2) is 6.08. The minimum atomic E-state index is -4.55. The quantitative estimate of drug-likeness (QED) is 0.865. The summed E-state index contributed by atoms with van der Waals surface area (Å²) < 4.78 is 38.0. The molecule has 0 fully saturated rings. The van der Waals surface area contributed by atoms with E-state index in [2.05, 4.69) is 20.6 Å². The molecule has 0 saturated carbocycles. The molecule has 1 aromatic heterocycles. The topological polar surface area (TPSA) is 49.8 Å². The van der Waals surface area contributed by atoms with Crippen LogP contribution in [0.3, 0.4) is 0 Å². The van der Waals surface area contributed by atoms with E-state index in [1.165, 1.54) is 13.1 Å². The summed E-state index contributed by atoms with van der Waals surface area (Å²) in [5.74, 6) is -0.511. The molecule has 4 nitrogen and oxygen atoms in total. The van der Waals surface area contributed by atoms with E-state index in [9.17, 15) is 13.2 Å². The molecule has 0 aliphatic carbocycles. The zero-order valence-corrected chi connectivity index (χ0v) is 11.5. The van der Waals surface area contributed by atoms with Gasteiger partial charge in [0.1, 0.15) is 11.6 Å². The van der Waals surface area contributed by atoms with Crippen molar-refractivity contribution in [1.29, 1.82) is 0 Å². The van der Waals surface area contributed by atoms with Gasteiger partial charge in [0.05, 0.1) is 0 Å². The van der Waals surface area contributed by atoms with Crippen LogP contribution in [0.15, 0.2) is 6.07 Å². The molecular formula is C12H19F3N4. The molecule has 108 valence electrons. The van der Waals surface area contributed by atoms with Crippen LogP contribution in [0.25, 0.3) is 0 Å². The second-order valence-electron chi connectivity index (χ2n) is 4.61. The van der Waals surface area contributed by atoms with Crippen molar-refractivity contribution < 1.29 is 13.2 Å². The average Bonchev–Trinajstić information content (AvgIpc) is 2.34. The van der Waals surface area contributed by atoms with Crippen LogP contribution in [0, 0.1) is 5.92 Å². The van der Waals surface area contributed by atoms with E-state index < -0.39 is 12.0 Å². The maximum atomic E-state index is 12.7. The van der Waals surface area contributed by atoms with Gasteiger partial charge in [0.25, 0.3) is 0 Å². The highest BCUT2D eigenvalue weighted by molar-refractivity contribution is 5.48. The Bertz CT molecular complexity index is 418. The Balaban J connectivity index is 3.07. The monoisotopic (exact) mass is 276 g/mol. The smallest absolute Gasteiger partial charge is 0.373 e. The molecule has 19 heavy (non-hydrogen) atoms. The molecule has 1 aromatic rings. The molecule has 1 heterocycles. The van der Waals surface area contributed by atoms with Crippen molar-refractivity contribution in [3.63, 3.8) is 0 Å². The molecule has 0 saturated heterocycles. The number of nitrogens with zero attached hydrogens (tertiary/aromatic N) is 2. The molecule has 0 aromatic carbocycles. The molecule has 0 aliphatic heterocycles. The van der Waals surface area contributed by atoms with Crippen LogP contribution in [0.5, 0.6) is 0 Å². The number of anilines is 2. The van der Waals surface area contributed by atoms with E-state index in [0.29, 0.717) is 5.92 Å². The summed E-state index contributed by atoms with van der Waals surface area (Å²) in [4.78, 5) is 6.95. The number of nitrogens with one attached hydrogen (secondary N) is 2. The molecule has 0 spiro atoms. The van der Waals surface area contributed by atoms with Gasteiger partial charge in [0.2, 0.25) is 5.82 Å². The third-order valence-corrected chi connectivity index (χ3v) is 2.81. The average molecular weight is 276 g/mol. The highest BCUT2D eigenvalue weighted by atomic mass is 19.4. The first-order valence-electron chi connectivity index (χ1n) is 6.18. The van der Waals surface area contributed by atoms with E-state index in [-0.39, 0.29) is 17.7 Å². The highest BCUT2D eigenvalue weighted by Gasteiger charge is 2.35. The molecule has 0 amide bonds. The molecule has 0 aliphatic rings. The van der Waals surface area contributed by atoms with Gasteiger partial charge in [-0.15, -0.1) is 0 Å². The number of halogens is 3. The van der Waals surface area contributed by atoms with Crippen molar-refractivity contribution in [1.82, 2.24) is 9.97 Å². The van der Waals surface area contributed by atoms with Crippen LogP contribution in [0.2, 0.25) is 0 Å². The van der Waals surface area contributed by atoms with Gasteiger partial charge < -0.3 is 10.6 Å². The number of hydrogen-bond donors (Lipinski definition) is 2. The largest absolute Gasteiger partial charge is 0.451 e. The number of rotatable bonds is 5. The van der Waals surface area contributed by atoms with Gasteiger partial charge in [-0.3, -0.25) is 0 Å². The summed E-state index contributed by atoms with van der Waals surface area (Å²) >= 11 is 0. The van der Waals surface area contributed by atoms with Gasteiger partial charge in [-0.2, -0.15) is 13.2 Å². The van der Waals surface area contributed by atoms with Crippen LogP contribution < -0.4 is 10.6 Å². The molecular weight excluding hydrogens is 257 g/mol. The predicted octanol–water partition coefficient (Wildman–Crippen LogP) is 3.38. The summed E-state index contributed by atoms with van der Waals surface area (Å²) in [6, 6.07) is 1.54. The molecule has 1 atom stereocenters. The Morgan fingerprint density at radius 2 is 1.79 bits per heavy atom. The molecule has 1 unspecified atom stereocenters. The van der Waals surface area contributed by atoms with Gasteiger partial charge >= 0.3 is 6.18 Å². The zero-order chi connectivity index (χ0) is 14.6. The maximum absolute atomic E-state index is 12.7. The lowest BCUT2D eigenvalue weighted by Crippen LogP contribution is -2.26. The molecule has 7 heteroatoms. The van der Waals surface area contributed by atoms with Gasteiger partial charge in [0.15, 0.2) is 0 Å². The first-order valence-corrected chi connectivity index (χ1v) is 6.18. The van der Waals surface area contributed by atoms with Crippen LogP contribution in [-0.4, -0.2) is 23.1 Å². The fourth-order valence-corrected chi connectivity index (χ4v) is 1.71. The number of hydrogen-bond acceptors (Lipinski definition) is 4. The van der Waals surface area contributed by atoms with Crippen LogP contribution >= 0.6 is 0 Å². The van der Waals surface area contributed by atoms with Gasteiger partial charge in [-0.1, -0.05) is 20.8 Å². The fraction of sp³-hybridized carbons (Fsp3) is 0.667. The number of aromatic nitrogens is 2. The van der Waals surface area contributed by atoms with Crippen molar-refractivity contribution in [3.8, 4) is 0 Å². The Morgan fingerprint density at radius 3 is 2.21 bits per heavy atom. The third kappa shape index (κ3) is 4.25. The summed E-state index contributed by atoms with van der Waals surface area (Å²) in [5.41, 5.74) is 0. The van der Waals surface area contributed by atoms with E-state index in [0.717, 1.165) is 6.42 Å². The fourth-order valence-electron chi connectivity index (χ4n) is 1.71. The third-order valence-electron chi connectivity index (χ3n) is 2.81. The van der Waals surface area contributed by atoms with Crippen molar-refractivity contribution in [2.75, 3.05) is 17.7 Å². The molecule has 2 N–H and O–H groups in total. The normalized spacial score (nSPS) is 13.5. The lowest BCUT2D eigenvalue weighted by molar-refractivity contribution is -0.144. The van der Waals surface area contributed by atoms with Crippen LogP contribution in [0.1, 0.15) is 33.0 Å². The van der Waals surface area contributed by atoms with Gasteiger partial charge in [-0.05, 0) is 12.3 Å². The lowest BCUT2D eigenvalue weighted by Gasteiger charge is -2.22. The predicted molar refractivity (Wildman–Crippen MR) is 69.1 cm³/mol. The maximum Gasteiger partial charge on any atom is 0.451 e. The van der Waals surface area contributed by atoms with Crippen LogP contribution in [-0.2, 0) is 6.18 Å². The van der Waals surface area contributed by atoms with Crippen molar-refractivity contribution in [2.24, 2.45) is 5.92 Å². The Labute approximate surface area is 110 Å². The second-order valence-corrected chi connectivity index (χ2v) is 4.61. The van der Waals surface area contributed by atoms with Crippen molar-refractivity contribution in [3.05, 3.63) is 11.9 Å². The Morgan fingerprint density at radius 1 is 1.21 bits per heavy atom. The SMILES string of the molecule is CCC(Nc1cc(NC)nc(C(F)(F)F)n1)C(C)C. The minimum absolute atomic E-state index is 0.0701. The van der Waals surface area contributed by atoms with Crippen LogP contribution in [0.4, 0.5) is 24.8 Å². The summed E-state index contributed by atoms with van der Waals surface area (Å²) in [5, 5.41) is 5.63. The molecule has 0 bridgehead atoms. The standard InChI is InChI=1S/C12H19F3N4/c1-5-8(7(2)3)17-10-6-9(16-4)18-11(19-10)12(13,14)15/h6-8H,5H2,1-4H3,(H2,16,17,18,19). The van der Waals surface area contributed by atoms with E-state index in [4.69, 9.17) is 0 Å². The highest BCUT2D eigenvalue weighted by Crippen LogP contribution is 2.28. The Kier molecular flexibility index (Phi) is 4.97.